The second kappa shape index (κ2) is 8.21. The number of rotatable bonds is 7. The molecule has 23 heavy (non-hydrogen) atoms. The maximum absolute atomic E-state index is 11.9. The van der Waals surface area contributed by atoms with E-state index in [4.69, 9.17) is 9.16 Å². The van der Waals surface area contributed by atoms with E-state index >= 15 is 0 Å². The van der Waals surface area contributed by atoms with Gasteiger partial charge in [-0.3, -0.25) is 4.79 Å². The first-order valence-corrected chi connectivity index (χ1v) is 11.8. The molecule has 0 amide bonds. The first-order valence-electron chi connectivity index (χ1n) is 7.99. The highest BCUT2D eigenvalue weighted by molar-refractivity contribution is 7.09. The molecule has 0 aliphatic heterocycles. The summed E-state index contributed by atoms with van der Waals surface area (Å²) in [6, 6.07) is 0. The molecule has 1 rings (SSSR count). The van der Waals surface area contributed by atoms with Gasteiger partial charge in [-0.25, -0.2) is 4.98 Å². The van der Waals surface area contributed by atoms with E-state index in [-0.39, 0.29) is 23.5 Å². The zero-order chi connectivity index (χ0) is 17.7. The number of nitrogens with zero attached hydrogens (tertiary/aromatic N) is 1. The van der Waals surface area contributed by atoms with Crippen LogP contribution in [0.3, 0.4) is 0 Å². The van der Waals surface area contributed by atoms with E-state index < -0.39 is 8.32 Å². The number of ether oxygens (including phenoxy) is 1. The molecule has 0 aliphatic rings. The van der Waals surface area contributed by atoms with Crippen molar-refractivity contribution >= 4 is 31.7 Å². The number of aryl methyl sites for hydroxylation is 1. The molecule has 0 saturated carbocycles. The predicted octanol–water partition coefficient (Wildman–Crippen LogP) is 4.81. The molecule has 130 valence electrons. The average molecular weight is 356 g/mol. The fourth-order valence-corrected chi connectivity index (χ4v) is 3.60. The van der Waals surface area contributed by atoms with Gasteiger partial charge < -0.3 is 9.16 Å². The molecule has 1 aromatic heterocycles. The Hall–Kier alpha value is -0.983. The van der Waals surface area contributed by atoms with Crippen LogP contribution in [0.15, 0.2) is 11.5 Å². The minimum absolute atomic E-state index is 0.0883. The molecule has 0 N–H and O–H groups in total. The van der Waals surface area contributed by atoms with Crippen LogP contribution in [0.4, 0.5) is 0 Å². The standard InChI is InChI=1S/C17H29NO3SSi/c1-8-20-16(19)11-15(21-23(6,7)17(3,4)5)10-9-14-12-22-13(2)18-14/h9-10,12,15H,8,11H2,1-7H3/t15-/m1/s1. The highest BCUT2D eigenvalue weighted by atomic mass is 32.1. The first kappa shape index (κ1) is 20.1. The van der Waals surface area contributed by atoms with Gasteiger partial charge in [-0.15, -0.1) is 11.3 Å². The van der Waals surface area contributed by atoms with Crippen molar-refractivity contribution in [1.82, 2.24) is 4.98 Å². The molecule has 0 unspecified atom stereocenters. The van der Waals surface area contributed by atoms with Crippen LogP contribution in [0, 0.1) is 6.92 Å². The molecule has 0 radical (unpaired) electrons. The zero-order valence-electron chi connectivity index (χ0n) is 15.3. The summed E-state index contributed by atoms with van der Waals surface area (Å²) < 4.78 is 11.5. The van der Waals surface area contributed by atoms with E-state index in [1.165, 1.54) is 0 Å². The molecule has 1 heterocycles. The monoisotopic (exact) mass is 355 g/mol. The largest absolute Gasteiger partial charge is 0.466 e. The lowest BCUT2D eigenvalue weighted by atomic mass is 10.2. The van der Waals surface area contributed by atoms with Crippen LogP contribution >= 0.6 is 11.3 Å². The normalized spacial score (nSPS) is 14.2. The summed E-state index contributed by atoms with van der Waals surface area (Å²) in [6.45, 7) is 15.1. The van der Waals surface area contributed by atoms with Crippen LogP contribution in [-0.2, 0) is 14.0 Å². The fraction of sp³-hybridized carbons (Fsp3) is 0.647. The molecular weight excluding hydrogens is 326 g/mol. The van der Waals surface area contributed by atoms with Crippen molar-refractivity contribution in [1.29, 1.82) is 0 Å². The molecule has 1 aromatic rings. The smallest absolute Gasteiger partial charge is 0.308 e. The minimum atomic E-state index is -1.97. The molecule has 4 nitrogen and oxygen atoms in total. The van der Waals surface area contributed by atoms with Crippen molar-refractivity contribution < 1.29 is 14.0 Å². The third kappa shape index (κ3) is 6.57. The Balaban J connectivity index is 2.88. The number of carbonyl (C=O) groups excluding carboxylic acids is 1. The van der Waals surface area contributed by atoms with Crippen LogP contribution in [-0.4, -0.2) is 32.0 Å². The maximum atomic E-state index is 11.9. The van der Waals surface area contributed by atoms with Crippen molar-refractivity contribution in [3.05, 3.63) is 22.2 Å². The third-order valence-electron chi connectivity index (χ3n) is 4.04. The number of thiazole rings is 1. The van der Waals surface area contributed by atoms with Crippen molar-refractivity contribution in [2.75, 3.05) is 6.61 Å². The summed E-state index contributed by atoms with van der Waals surface area (Å²) in [7, 11) is -1.97. The summed E-state index contributed by atoms with van der Waals surface area (Å²) in [6.07, 6.45) is 3.82. The van der Waals surface area contributed by atoms with E-state index in [2.05, 4.69) is 38.8 Å². The quantitative estimate of drug-likeness (QED) is 0.520. The van der Waals surface area contributed by atoms with Gasteiger partial charge in [0, 0.05) is 5.38 Å². The summed E-state index contributed by atoms with van der Waals surface area (Å²) in [5, 5.41) is 3.11. The molecule has 0 bridgehead atoms. The topological polar surface area (TPSA) is 48.4 Å². The SMILES string of the molecule is CCOC(=O)C[C@@H](C=Cc1csc(C)n1)O[Si](C)(C)C(C)(C)C. The number of hydrogen-bond acceptors (Lipinski definition) is 5. The molecule has 6 heteroatoms. The summed E-state index contributed by atoms with van der Waals surface area (Å²) in [5.41, 5.74) is 0.903. The lowest BCUT2D eigenvalue weighted by molar-refractivity contribution is -0.144. The van der Waals surface area contributed by atoms with E-state index in [0.717, 1.165) is 10.7 Å². The van der Waals surface area contributed by atoms with Gasteiger partial charge in [0.2, 0.25) is 0 Å². The van der Waals surface area contributed by atoms with Gasteiger partial charge in [-0.2, -0.15) is 0 Å². The van der Waals surface area contributed by atoms with Gasteiger partial charge in [0.05, 0.1) is 29.8 Å². The van der Waals surface area contributed by atoms with Crippen LogP contribution < -0.4 is 0 Å². The van der Waals surface area contributed by atoms with Gasteiger partial charge in [-0.05, 0) is 38.1 Å². The number of hydrogen-bond donors (Lipinski definition) is 0. The minimum Gasteiger partial charge on any atom is -0.466 e. The van der Waals surface area contributed by atoms with Gasteiger partial charge in [0.25, 0.3) is 0 Å². The number of esters is 1. The van der Waals surface area contributed by atoms with Crippen LogP contribution in [0.2, 0.25) is 18.1 Å². The van der Waals surface area contributed by atoms with Gasteiger partial charge in [-0.1, -0.05) is 26.8 Å². The van der Waals surface area contributed by atoms with Crippen molar-refractivity contribution in [3.63, 3.8) is 0 Å². The van der Waals surface area contributed by atoms with Crippen LogP contribution in [0.5, 0.6) is 0 Å². The van der Waals surface area contributed by atoms with E-state index in [0.29, 0.717) is 6.61 Å². The highest BCUT2D eigenvalue weighted by Crippen LogP contribution is 2.37. The Morgan fingerprint density at radius 1 is 1.43 bits per heavy atom. The van der Waals surface area contributed by atoms with Gasteiger partial charge in [0.1, 0.15) is 0 Å². The predicted molar refractivity (Wildman–Crippen MR) is 99.2 cm³/mol. The van der Waals surface area contributed by atoms with Crippen LogP contribution in [0.25, 0.3) is 6.08 Å². The second-order valence-corrected chi connectivity index (χ2v) is 12.9. The molecule has 0 spiro atoms. The number of carbonyl (C=O) groups is 1. The van der Waals surface area contributed by atoms with Crippen molar-refractivity contribution in [2.24, 2.45) is 0 Å². The van der Waals surface area contributed by atoms with E-state index in [9.17, 15) is 4.79 Å². The molecular formula is C17H29NO3SSi. The first-order chi connectivity index (χ1) is 10.5. The molecule has 1 atom stereocenters. The zero-order valence-corrected chi connectivity index (χ0v) is 17.1. The lowest BCUT2D eigenvalue weighted by Gasteiger charge is -2.38. The number of aromatic nitrogens is 1. The Labute approximate surface area is 145 Å². The lowest BCUT2D eigenvalue weighted by Crippen LogP contribution is -2.44. The van der Waals surface area contributed by atoms with Crippen molar-refractivity contribution in [3.8, 4) is 0 Å². The fourth-order valence-electron chi connectivity index (χ4n) is 1.75. The van der Waals surface area contributed by atoms with E-state index in [1.807, 2.05) is 31.4 Å². The summed E-state index contributed by atoms with van der Waals surface area (Å²) in [5.74, 6) is -0.227. The van der Waals surface area contributed by atoms with Gasteiger partial charge in [0.15, 0.2) is 8.32 Å². The third-order valence-corrected chi connectivity index (χ3v) is 9.34. The second-order valence-electron chi connectivity index (χ2n) is 7.08. The average Bonchev–Trinajstić information content (AvgIpc) is 2.80. The van der Waals surface area contributed by atoms with Crippen molar-refractivity contribution in [2.45, 2.75) is 65.3 Å². The Morgan fingerprint density at radius 2 is 2.09 bits per heavy atom. The van der Waals surface area contributed by atoms with Gasteiger partial charge >= 0.3 is 5.97 Å². The summed E-state index contributed by atoms with van der Waals surface area (Å²) >= 11 is 1.61. The molecule has 0 saturated heterocycles. The van der Waals surface area contributed by atoms with Crippen LogP contribution in [0.1, 0.15) is 44.8 Å². The Bertz CT molecular complexity index is 546. The molecule has 0 aromatic carbocycles. The molecule has 0 aliphatic carbocycles. The maximum Gasteiger partial charge on any atom is 0.308 e. The Morgan fingerprint density at radius 3 is 2.57 bits per heavy atom. The highest BCUT2D eigenvalue weighted by Gasteiger charge is 2.39. The van der Waals surface area contributed by atoms with E-state index in [1.54, 1.807) is 11.3 Å². The summed E-state index contributed by atoms with van der Waals surface area (Å²) in [4.78, 5) is 16.3. The Kier molecular flexibility index (Phi) is 7.17. The molecule has 0 fully saturated rings.